The molecular weight excluding hydrogens is 280 g/mol. The second kappa shape index (κ2) is 7.43. The van der Waals surface area contributed by atoms with Crippen molar-refractivity contribution >= 4 is 36.2 Å². The predicted octanol–water partition coefficient (Wildman–Crippen LogP) is 1.99. The first-order valence-electron chi connectivity index (χ1n) is 7.02. The Labute approximate surface area is 124 Å². The van der Waals surface area contributed by atoms with Gasteiger partial charge in [0.2, 0.25) is 0 Å². The summed E-state index contributed by atoms with van der Waals surface area (Å²) in [6.45, 7) is 0. The van der Waals surface area contributed by atoms with Gasteiger partial charge in [0.1, 0.15) is 5.78 Å². The number of thioether (sulfide) groups is 1. The number of unbranched alkanes of at least 4 members (excludes halogenated alkanes) is 1. The van der Waals surface area contributed by atoms with Crippen LogP contribution in [0.2, 0.25) is 0 Å². The van der Waals surface area contributed by atoms with Crippen molar-refractivity contribution in [2.24, 2.45) is 0 Å². The monoisotopic (exact) mass is 302 g/mol. The Balaban J connectivity index is 1.59. The summed E-state index contributed by atoms with van der Waals surface area (Å²) < 4.78 is 0. The minimum absolute atomic E-state index is 0.0257. The molecule has 0 aromatic carbocycles. The van der Waals surface area contributed by atoms with Gasteiger partial charge >= 0.3 is 6.03 Å². The average molecular weight is 302 g/mol. The Morgan fingerprint density at radius 3 is 2.84 bits per heavy atom. The van der Waals surface area contributed by atoms with Crippen LogP contribution in [0, 0.1) is 0 Å². The number of hydrogen-bond acceptors (Lipinski definition) is 4. The summed E-state index contributed by atoms with van der Waals surface area (Å²) in [5.74, 6) is 2.16. The molecular formula is C13H22N2O2S2. The molecule has 0 bridgehead atoms. The van der Waals surface area contributed by atoms with Gasteiger partial charge in [-0.1, -0.05) is 6.42 Å². The van der Waals surface area contributed by atoms with E-state index in [9.17, 15) is 9.59 Å². The summed E-state index contributed by atoms with van der Waals surface area (Å²) in [4.78, 5) is 22.8. The Morgan fingerprint density at radius 1 is 1.26 bits per heavy atom. The van der Waals surface area contributed by atoms with Crippen LogP contribution in [0.3, 0.4) is 0 Å². The fourth-order valence-corrected chi connectivity index (χ4v) is 4.41. The first-order chi connectivity index (χ1) is 9.20. The lowest BCUT2D eigenvalue weighted by Crippen LogP contribution is -2.36. The van der Waals surface area contributed by atoms with Gasteiger partial charge in [-0.3, -0.25) is 4.79 Å². The largest absolute Gasteiger partial charge is 0.332 e. The Kier molecular flexibility index (Phi) is 5.88. The number of urea groups is 1. The number of rotatable bonds is 8. The molecule has 0 saturated carbocycles. The molecule has 0 spiro atoms. The lowest BCUT2D eigenvalue weighted by molar-refractivity contribution is -0.119. The molecule has 2 N–H and O–H groups in total. The van der Waals surface area contributed by atoms with Crippen molar-refractivity contribution in [1.82, 2.24) is 10.6 Å². The van der Waals surface area contributed by atoms with Crippen LogP contribution in [0.25, 0.3) is 0 Å². The van der Waals surface area contributed by atoms with E-state index in [1.165, 1.54) is 0 Å². The smallest absolute Gasteiger partial charge is 0.315 e. The molecule has 0 radical (unpaired) electrons. The zero-order valence-electron chi connectivity index (χ0n) is 11.1. The number of amides is 2. The van der Waals surface area contributed by atoms with Crippen LogP contribution >= 0.6 is 24.4 Å². The quantitative estimate of drug-likeness (QED) is 0.365. The highest BCUT2D eigenvalue weighted by atomic mass is 32.2. The normalized spacial score (nSPS) is 28.9. The van der Waals surface area contributed by atoms with Gasteiger partial charge in [-0.2, -0.15) is 24.4 Å². The highest BCUT2D eigenvalue weighted by molar-refractivity contribution is 8.00. The number of carbonyl (C=O) groups excluding carboxylic acids is 2. The highest BCUT2D eigenvalue weighted by Gasteiger charge is 2.42. The third kappa shape index (κ3) is 4.31. The molecule has 2 heterocycles. The zero-order chi connectivity index (χ0) is 13.7. The third-order valence-electron chi connectivity index (χ3n) is 3.75. The molecule has 108 valence electrons. The van der Waals surface area contributed by atoms with Gasteiger partial charge in [0.25, 0.3) is 0 Å². The van der Waals surface area contributed by atoms with Crippen LogP contribution < -0.4 is 10.6 Å². The first kappa shape index (κ1) is 15.0. The van der Waals surface area contributed by atoms with Crippen molar-refractivity contribution in [1.29, 1.82) is 0 Å². The van der Waals surface area contributed by atoms with Gasteiger partial charge in [-0.05, 0) is 25.0 Å². The number of ketones is 1. The molecule has 0 aliphatic carbocycles. The number of fused-ring (bicyclic) bond motifs is 1. The van der Waals surface area contributed by atoms with Gasteiger partial charge in [-0.25, -0.2) is 4.79 Å². The average Bonchev–Trinajstić information content (AvgIpc) is 2.92. The molecule has 1 unspecified atom stereocenters. The van der Waals surface area contributed by atoms with Crippen LogP contribution in [-0.4, -0.2) is 40.7 Å². The van der Waals surface area contributed by atoms with Crippen LogP contribution in [0.15, 0.2) is 0 Å². The van der Waals surface area contributed by atoms with E-state index >= 15 is 0 Å². The number of carbonyl (C=O) groups is 2. The van der Waals surface area contributed by atoms with Gasteiger partial charge in [0.15, 0.2) is 0 Å². The van der Waals surface area contributed by atoms with Crippen molar-refractivity contribution < 1.29 is 9.59 Å². The fraction of sp³-hybridized carbons (Fsp3) is 0.846. The van der Waals surface area contributed by atoms with Crippen molar-refractivity contribution in [3.8, 4) is 0 Å². The van der Waals surface area contributed by atoms with Crippen LogP contribution in [-0.2, 0) is 4.79 Å². The van der Waals surface area contributed by atoms with Crippen molar-refractivity contribution in [3.05, 3.63) is 0 Å². The van der Waals surface area contributed by atoms with E-state index in [0.717, 1.165) is 37.2 Å². The molecule has 2 amide bonds. The Hall–Kier alpha value is -0.360. The summed E-state index contributed by atoms with van der Waals surface area (Å²) in [7, 11) is 0. The van der Waals surface area contributed by atoms with E-state index in [-0.39, 0.29) is 12.1 Å². The maximum Gasteiger partial charge on any atom is 0.315 e. The van der Waals surface area contributed by atoms with Crippen LogP contribution in [0.1, 0.15) is 38.5 Å². The topological polar surface area (TPSA) is 58.2 Å². The molecule has 3 atom stereocenters. The maximum absolute atomic E-state index is 11.5. The lowest BCUT2D eigenvalue weighted by Gasteiger charge is -2.16. The zero-order valence-corrected chi connectivity index (χ0v) is 12.8. The second-order valence-electron chi connectivity index (χ2n) is 5.23. The predicted molar refractivity (Wildman–Crippen MR) is 82.1 cm³/mol. The Bertz CT molecular complexity index is 339. The summed E-state index contributed by atoms with van der Waals surface area (Å²) in [6.07, 6.45) is 5.40. The van der Waals surface area contributed by atoms with E-state index < -0.39 is 0 Å². The third-order valence-corrected chi connectivity index (χ3v) is 5.57. The molecule has 19 heavy (non-hydrogen) atoms. The van der Waals surface area contributed by atoms with E-state index in [1.54, 1.807) is 0 Å². The lowest BCUT2D eigenvalue weighted by atomic mass is 10.0. The van der Waals surface area contributed by atoms with Gasteiger partial charge < -0.3 is 10.6 Å². The fourth-order valence-electron chi connectivity index (χ4n) is 2.71. The van der Waals surface area contributed by atoms with E-state index in [0.29, 0.717) is 29.9 Å². The molecule has 0 aromatic heterocycles. The molecule has 2 saturated heterocycles. The maximum atomic E-state index is 11.5. The number of thiol groups is 1. The van der Waals surface area contributed by atoms with Crippen LogP contribution in [0.5, 0.6) is 0 Å². The van der Waals surface area contributed by atoms with Gasteiger partial charge in [0, 0.05) is 23.8 Å². The first-order valence-corrected chi connectivity index (χ1v) is 8.70. The molecule has 0 aromatic rings. The SMILES string of the molecule is O=C(CCCS)CCCCC1SC[C@@H]2NC(=O)N[C@H]12. The minimum Gasteiger partial charge on any atom is -0.332 e. The molecule has 2 aliphatic rings. The molecule has 2 fully saturated rings. The van der Waals surface area contributed by atoms with E-state index in [4.69, 9.17) is 0 Å². The molecule has 6 heteroatoms. The molecule has 2 aliphatic heterocycles. The van der Waals surface area contributed by atoms with E-state index in [2.05, 4.69) is 23.3 Å². The summed E-state index contributed by atoms with van der Waals surface area (Å²) in [6, 6.07) is 0.569. The van der Waals surface area contributed by atoms with Crippen molar-refractivity contribution in [3.63, 3.8) is 0 Å². The number of nitrogens with one attached hydrogen (secondary N) is 2. The molecule has 2 rings (SSSR count). The Morgan fingerprint density at radius 2 is 2.05 bits per heavy atom. The van der Waals surface area contributed by atoms with Gasteiger partial charge in [-0.15, -0.1) is 0 Å². The summed E-state index contributed by atoms with van der Waals surface area (Å²) in [5.41, 5.74) is 0. The summed E-state index contributed by atoms with van der Waals surface area (Å²) in [5, 5.41) is 6.45. The minimum atomic E-state index is -0.0257. The van der Waals surface area contributed by atoms with Crippen LogP contribution in [0.4, 0.5) is 4.79 Å². The van der Waals surface area contributed by atoms with Gasteiger partial charge in [0.05, 0.1) is 12.1 Å². The second-order valence-corrected chi connectivity index (χ2v) is 6.95. The van der Waals surface area contributed by atoms with Crippen molar-refractivity contribution in [2.75, 3.05) is 11.5 Å². The highest BCUT2D eigenvalue weighted by Crippen LogP contribution is 2.33. The molecule has 4 nitrogen and oxygen atoms in total. The number of Topliss-reactive ketones (excluding diaryl/α,β-unsaturated/α-hetero) is 1. The van der Waals surface area contributed by atoms with E-state index in [1.807, 2.05) is 11.8 Å². The van der Waals surface area contributed by atoms with Crippen molar-refractivity contribution in [2.45, 2.75) is 55.9 Å². The standard InChI is InChI=1S/C13H22N2O2S2/c16-9(5-3-7-18)4-1-2-6-11-12-10(8-19-11)14-13(17)15-12/h10-12,18H,1-8H2,(H2,14,15,17)/t10-,11?,12-/m0/s1. The summed E-state index contributed by atoms with van der Waals surface area (Å²) >= 11 is 6.05. The number of hydrogen-bond donors (Lipinski definition) is 3.